The first-order valence-electron chi connectivity index (χ1n) is 27.8. The lowest BCUT2D eigenvalue weighted by molar-refractivity contribution is -0.167. The van der Waals surface area contributed by atoms with Crippen LogP contribution in [0.2, 0.25) is 0 Å². The Kier molecular flexibility index (Phi) is 47.6. The minimum absolute atomic E-state index is 0.0636. The quantitative estimate of drug-likeness (QED) is 0.0344. The predicted octanol–water partition coefficient (Wildman–Crippen LogP) is 18.1. The minimum Gasteiger partial charge on any atom is -0.462 e. The van der Waals surface area contributed by atoms with E-state index in [9.17, 15) is 14.4 Å². The summed E-state index contributed by atoms with van der Waals surface area (Å²) >= 11 is 0. The molecule has 0 heterocycles. The van der Waals surface area contributed by atoms with Gasteiger partial charge >= 0.3 is 17.9 Å². The third-order valence-corrected chi connectivity index (χ3v) is 13.1. The summed E-state index contributed by atoms with van der Waals surface area (Å²) in [5.74, 6) is 0.844. The molecule has 0 aliphatic heterocycles. The molecule has 0 N–H and O–H groups in total. The molecule has 0 fully saturated rings. The number of hydrogen-bond acceptors (Lipinski definition) is 6. The highest BCUT2D eigenvalue weighted by Crippen LogP contribution is 2.18. The topological polar surface area (TPSA) is 78.9 Å². The van der Waals surface area contributed by atoms with Crippen molar-refractivity contribution in [3.63, 3.8) is 0 Å². The standard InChI is InChI=1S/C56H108O6/c1-6-8-9-10-11-12-13-14-15-19-22-25-31-36-41-46-54(57)60-49-53(62-56(59)48-43-38-33-28-27-29-34-39-44-51(3)4)50-61-55(58)47-42-37-32-26-23-20-17-16-18-21-24-30-35-40-45-52(5)7-2/h51-53H,6-50H2,1-5H3/t52?,53-/m1/s1. The summed E-state index contributed by atoms with van der Waals surface area (Å²) in [4.78, 5) is 38.0. The summed E-state index contributed by atoms with van der Waals surface area (Å²) in [7, 11) is 0. The third-order valence-electron chi connectivity index (χ3n) is 13.1. The van der Waals surface area contributed by atoms with Gasteiger partial charge in [0.1, 0.15) is 13.2 Å². The van der Waals surface area contributed by atoms with Crippen LogP contribution in [0.3, 0.4) is 0 Å². The Labute approximate surface area is 387 Å². The molecule has 6 nitrogen and oxygen atoms in total. The van der Waals surface area contributed by atoms with Crippen molar-refractivity contribution < 1.29 is 28.6 Å². The van der Waals surface area contributed by atoms with E-state index in [1.807, 2.05) is 0 Å². The first kappa shape index (κ1) is 60.4. The fraction of sp³-hybridized carbons (Fsp3) is 0.946. The normalized spacial score (nSPS) is 12.5. The summed E-state index contributed by atoms with van der Waals surface area (Å²) in [6.45, 7) is 11.4. The second-order valence-corrected chi connectivity index (χ2v) is 19.9. The van der Waals surface area contributed by atoms with E-state index < -0.39 is 6.10 Å². The molecule has 0 aromatic heterocycles. The summed E-state index contributed by atoms with van der Waals surface area (Å²) in [5, 5.41) is 0. The second kappa shape index (κ2) is 48.9. The molecule has 0 bridgehead atoms. The van der Waals surface area contributed by atoms with Gasteiger partial charge in [-0.2, -0.15) is 0 Å². The zero-order valence-corrected chi connectivity index (χ0v) is 42.5. The number of unbranched alkanes of at least 4 members (excludes halogenated alkanes) is 34. The smallest absolute Gasteiger partial charge is 0.306 e. The van der Waals surface area contributed by atoms with Crippen LogP contribution in [0.1, 0.15) is 311 Å². The number of rotatable bonds is 50. The molecule has 0 aromatic carbocycles. The van der Waals surface area contributed by atoms with Gasteiger partial charge < -0.3 is 14.2 Å². The number of carbonyl (C=O) groups is 3. The zero-order chi connectivity index (χ0) is 45.4. The van der Waals surface area contributed by atoms with E-state index >= 15 is 0 Å². The van der Waals surface area contributed by atoms with E-state index in [4.69, 9.17) is 14.2 Å². The zero-order valence-electron chi connectivity index (χ0n) is 42.5. The van der Waals surface area contributed by atoms with Gasteiger partial charge in [-0.05, 0) is 31.1 Å². The summed E-state index contributed by atoms with van der Waals surface area (Å²) in [5.41, 5.74) is 0. The maximum Gasteiger partial charge on any atom is 0.306 e. The van der Waals surface area contributed by atoms with Crippen LogP contribution in [0.25, 0.3) is 0 Å². The third kappa shape index (κ3) is 47.9. The van der Waals surface area contributed by atoms with Crippen molar-refractivity contribution >= 4 is 17.9 Å². The van der Waals surface area contributed by atoms with Crippen molar-refractivity contribution in [1.82, 2.24) is 0 Å². The van der Waals surface area contributed by atoms with Crippen LogP contribution in [-0.2, 0) is 28.6 Å². The van der Waals surface area contributed by atoms with Crippen molar-refractivity contribution in [1.29, 1.82) is 0 Å². The minimum atomic E-state index is -0.762. The molecular weight excluding hydrogens is 769 g/mol. The molecule has 368 valence electrons. The molecule has 0 saturated carbocycles. The molecule has 0 aliphatic carbocycles. The molecule has 0 aliphatic rings. The highest BCUT2D eigenvalue weighted by molar-refractivity contribution is 5.71. The van der Waals surface area contributed by atoms with Crippen LogP contribution in [0.5, 0.6) is 0 Å². The van der Waals surface area contributed by atoms with E-state index in [0.29, 0.717) is 19.3 Å². The Morgan fingerprint density at radius 2 is 0.613 bits per heavy atom. The summed E-state index contributed by atoms with van der Waals surface area (Å²) in [6, 6.07) is 0. The Morgan fingerprint density at radius 1 is 0.339 bits per heavy atom. The molecule has 0 radical (unpaired) electrons. The Balaban J connectivity index is 4.26. The van der Waals surface area contributed by atoms with Crippen molar-refractivity contribution in [2.45, 2.75) is 317 Å². The van der Waals surface area contributed by atoms with Crippen LogP contribution in [0.15, 0.2) is 0 Å². The number of carbonyl (C=O) groups excluding carboxylic acids is 3. The lowest BCUT2D eigenvalue weighted by atomic mass is 9.99. The van der Waals surface area contributed by atoms with Crippen molar-refractivity contribution in [2.75, 3.05) is 13.2 Å². The lowest BCUT2D eigenvalue weighted by Gasteiger charge is -2.18. The van der Waals surface area contributed by atoms with Gasteiger partial charge in [0.25, 0.3) is 0 Å². The van der Waals surface area contributed by atoms with E-state index in [0.717, 1.165) is 69.6 Å². The van der Waals surface area contributed by atoms with Crippen LogP contribution in [0, 0.1) is 11.8 Å². The molecule has 6 heteroatoms. The maximum atomic E-state index is 12.8. The molecule has 0 aromatic rings. The van der Waals surface area contributed by atoms with Gasteiger partial charge in [-0.3, -0.25) is 14.4 Å². The lowest BCUT2D eigenvalue weighted by Crippen LogP contribution is -2.30. The summed E-state index contributed by atoms with van der Waals surface area (Å²) < 4.78 is 16.8. The molecule has 0 saturated heterocycles. The first-order valence-corrected chi connectivity index (χ1v) is 27.8. The van der Waals surface area contributed by atoms with Gasteiger partial charge in [0, 0.05) is 19.3 Å². The fourth-order valence-corrected chi connectivity index (χ4v) is 8.49. The molecule has 62 heavy (non-hydrogen) atoms. The summed E-state index contributed by atoms with van der Waals surface area (Å²) in [6.07, 6.45) is 50.9. The molecule has 1 unspecified atom stereocenters. The SMILES string of the molecule is CCCCCCCCCCCCCCCCCC(=O)OC[C@H](COC(=O)CCCCCCCCCCCCCCCCC(C)CC)OC(=O)CCCCCCCCCCC(C)C. The van der Waals surface area contributed by atoms with E-state index in [1.54, 1.807) is 0 Å². The highest BCUT2D eigenvalue weighted by atomic mass is 16.6. The van der Waals surface area contributed by atoms with Gasteiger partial charge in [0.05, 0.1) is 0 Å². The van der Waals surface area contributed by atoms with Gasteiger partial charge in [-0.15, -0.1) is 0 Å². The maximum absolute atomic E-state index is 12.8. The van der Waals surface area contributed by atoms with E-state index in [1.165, 1.54) is 199 Å². The van der Waals surface area contributed by atoms with Gasteiger partial charge in [0.15, 0.2) is 6.10 Å². The van der Waals surface area contributed by atoms with Gasteiger partial charge in [0.2, 0.25) is 0 Å². The molecular formula is C56H108O6. The van der Waals surface area contributed by atoms with Crippen LogP contribution >= 0.6 is 0 Å². The van der Waals surface area contributed by atoms with Gasteiger partial charge in [-0.1, -0.05) is 272 Å². The Hall–Kier alpha value is -1.59. The van der Waals surface area contributed by atoms with Crippen LogP contribution in [0.4, 0.5) is 0 Å². The van der Waals surface area contributed by atoms with Crippen molar-refractivity contribution in [3.05, 3.63) is 0 Å². The Morgan fingerprint density at radius 3 is 0.919 bits per heavy atom. The predicted molar refractivity (Wildman–Crippen MR) is 266 cm³/mol. The molecule has 0 spiro atoms. The fourth-order valence-electron chi connectivity index (χ4n) is 8.49. The van der Waals surface area contributed by atoms with E-state index in [-0.39, 0.29) is 31.1 Å². The second-order valence-electron chi connectivity index (χ2n) is 19.9. The van der Waals surface area contributed by atoms with Crippen molar-refractivity contribution in [3.8, 4) is 0 Å². The molecule has 2 atom stereocenters. The monoisotopic (exact) mass is 877 g/mol. The van der Waals surface area contributed by atoms with Gasteiger partial charge in [-0.25, -0.2) is 0 Å². The number of esters is 3. The molecule has 0 rings (SSSR count). The van der Waals surface area contributed by atoms with E-state index in [2.05, 4.69) is 34.6 Å². The Bertz CT molecular complexity index is 949. The average Bonchev–Trinajstić information content (AvgIpc) is 3.26. The average molecular weight is 877 g/mol. The largest absolute Gasteiger partial charge is 0.462 e. The van der Waals surface area contributed by atoms with Crippen molar-refractivity contribution in [2.24, 2.45) is 11.8 Å². The number of ether oxygens (including phenoxy) is 3. The number of hydrogen-bond donors (Lipinski definition) is 0. The first-order chi connectivity index (χ1) is 30.3. The van der Waals surface area contributed by atoms with Crippen LogP contribution in [-0.4, -0.2) is 37.2 Å². The molecule has 0 amide bonds. The van der Waals surface area contributed by atoms with Crippen LogP contribution < -0.4 is 0 Å². The highest BCUT2D eigenvalue weighted by Gasteiger charge is 2.19.